The van der Waals surface area contributed by atoms with Crippen LogP contribution < -0.4 is 5.32 Å². The van der Waals surface area contributed by atoms with Gasteiger partial charge in [-0.1, -0.05) is 18.2 Å². The molecule has 0 aliphatic rings. The molecule has 0 aliphatic carbocycles. The van der Waals surface area contributed by atoms with Crippen LogP contribution in [0, 0.1) is 12.7 Å². The standard InChI is InChI=1S/C20H18FNO4/c1-12-6-7-17-14(11-25-18(17)8-12)9-19(23)26-13(2)20(24)22-16-5-3-4-15(21)10-16/h3-8,10-11,13H,9H2,1-2H3,(H,22,24)/t13-/m1/s1. The fourth-order valence-corrected chi connectivity index (χ4v) is 2.59. The first-order valence-corrected chi connectivity index (χ1v) is 8.15. The van der Waals surface area contributed by atoms with E-state index in [1.165, 1.54) is 31.4 Å². The van der Waals surface area contributed by atoms with E-state index in [1.807, 2.05) is 25.1 Å². The van der Waals surface area contributed by atoms with Gasteiger partial charge < -0.3 is 14.5 Å². The van der Waals surface area contributed by atoms with E-state index >= 15 is 0 Å². The first-order valence-electron chi connectivity index (χ1n) is 8.15. The number of nitrogens with one attached hydrogen (secondary N) is 1. The minimum Gasteiger partial charge on any atom is -0.464 e. The number of hydrogen-bond donors (Lipinski definition) is 1. The number of furan rings is 1. The fraction of sp³-hybridized carbons (Fsp3) is 0.200. The van der Waals surface area contributed by atoms with Crippen molar-refractivity contribution in [1.82, 2.24) is 0 Å². The third-order valence-electron chi connectivity index (χ3n) is 3.92. The Morgan fingerprint density at radius 1 is 1.23 bits per heavy atom. The number of carbonyl (C=O) groups is 2. The van der Waals surface area contributed by atoms with E-state index in [0.717, 1.165) is 10.9 Å². The number of carbonyl (C=O) groups excluding carboxylic acids is 2. The SMILES string of the molecule is Cc1ccc2c(CC(=O)O[C@H](C)C(=O)Nc3cccc(F)c3)coc2c1. The molecule has 1 aromatic heterocycles. The lowest BCUT2D eigenvalue weighted by Gasteiger charge is -2.13. The molecule has 1 atom stereocenters. The van der Waals surface area contributed by atoms with E-state index < -0.39 is 23.8 Å². The molecule has 1 N–H and O–H groups in total. The van der Waals surface area contributed by atoms with Crippen LogP contribution in [0.25, 0.3) is 11.0 Å². The molecule has 6 heteroatoms. The number of hydrogen-bond acceptors (Lipinski definition) is 4. The molecule has 0 saturated carbocycles. The molecule has 26 heavy (non-hydrogen) atoms. The summed E-state index contributed by atoms with van der Waals surface area (Å²) in [5, 5.41) is 3.35. The van der Waals surface area contributed by atoms with Crippen molar-refractivity contribution in [3.05, 3.63) is 65.7 Å². The number of fused-ring (bicyclic) bond motifs is 1. The molecule has 0 bridgehead atoms. The summed E-state index contributed by atoms with van der Waals surface area (Å²) >= 11 is 0. The largest absolute Gasteiger partial charge is 0.464 e. The maximum atomic E-state index is 13.1. The third-order valence-corrected chi connectivity index (χ3v) is 3.92. The Hall–Kier alpha value is -3.15. The van der Waals surface area contributed by atoms with Gasteiger partial charge in [0, 0.05) is 16.6 Å². The van der Waals surface area contributed by atoms with Crippen molar-refractivity contribution in [2.45, 2.75) is 26.4 Å². The molecule has 3 aromatic rings. The van der Waals surface area contributed by atoms with Crippen LogP contribution in [-0.4, -0.2) is 18.0 Å². The number of rotatable bonds is 5. The normalized spacial score (nSPS) is 12.0. The molecular weight excluding hydrogens is 337 g/mol. The van der Waals surface area contributed by atoms with Gasteiger partial charge in [-0.05, 0) is 43.7 Å². The quantitative estimate of drug-likeness (QED) is 0.703. The Morgan fingerprint density at radius 2 is 2.04 bits per heavy atom. The zero-order valence-electron chi connectivity index (χ0n) is 14.4. The summed E-state index contributed by atoms with van der Waals surface area (Å²) in [4.78, 5) is 24.2. The lowest BCUT2D eigenvalue weighted by molar-refractivity contribution is -0.152. The second-order valence-corrected chi connectivity index (χ2v) is 6.07. The first-order chi connectivity index (χ1) is 12.4. The predicted molar refractivity (Wildman–Crippen MR) is 95.2 cm³/mol. The molecule has 0 unspecified atom stereocenters. The monoisotopic (exact) mass is 355 g/mol. The second kappa shape index (κ2) is 7.39. The summed E-state index contributed by atoms with van der Waals surface area (Å²) in [7, 11) is 0. The Bertz CT molecular complexity index is 963. The highest BCUT2D eigenvalue weighted by Gasteiger charge is 2.19. The molecular formula is C20H18FNO4. The Labute approximate surface area is 149 Å². The summed E-state index contributed by atoms with van der Waals surface area (Å²) in [5.41, 5.74) is 2.75. The van der Waals surface area contributed by atoms with Gasteiger partial charge in [-0.15, -0.1) is 0 Å². The van der Waals surface area contributed by atoms with Gasteiger partial charge in [-0.3, -0.25) is 9.59 Å². The zero-order chi connectivity index (χ0) is 18.7. The van der Waals surface area contributed by atoms with Gasteiger partial charge in [0.25, 0.3) is 5.91 Å². The Morgan fingerprint density at radius 3 is 2.81 bits per heavy atom. The number of ether oxygens (including phenoxy) is 1. The summed E-state index contributed by atoms with van der Waals surface area (Å²) in [6.07, 6.45) is 0.502. The van der Waals surface area contributed by atoms with Gasteiger partial charge >= 0.3 is 5.97 Å². The van der Waals surface area contributed by atoms with E-state index in [0.29, 0.717) is 16.8 Å². The van der Waals surface area contributed by atoms with E-state index in [-0.39, 0.29) is 6.42 Å². The van der Waals surface area contributed by atoms with Gasteiger partial charge in [0.2, 0.25) is 0 Å². The Balaban J connectivity index is 1.60. The van der Waals surface area contributed by atoms with Crippen LogP contribution in [0.4, 0.5) is 10.1 Å². The van der Waals surface area contributed by atoms with Crippen molar-refractivity contribution < 1.29 is 23.1 Å². The molecule has 5 nitrogen and oxygen atoms in total. The van der Waals surface area contributed by atoms with Crippen LogP contribution in [0.2, 0.25) is 0 Å². The van der Waals surface area contributed by atoms with Crippen LogP contribution >= 0.6 is 0 Å². The van der Waals surface area contributed by atoms with Gasteiger partial charge in [-0.2, -0.15) is 0 Å². The highest BCUT2D eigenvalue weighted by Crippen LogP contribution is 2.23. The molecule has 2 aromatic carbocycles. The molecule has 0 radical (unpaired) electrons. The number of amides is 1. The third kappa shape index (κ3) is 4.08. The smallest absolute Gasteiger partial charge is 0.311 e. The summed E-state index contributed by atoms with van der Waals surface area (Å²) < 4.78 is 23.8. The van der Waals surface area contributed by atoms with E-state index in [9.17, 15) is 14.0 Å². The second-order valence-electron chi connectivity index (χ2n) is 6.07. The molecule has 0 saturated heterocycles. The minimum absolute atomic E-state index is 0.00630. The van der Waals surface area contributed by atoms with E-state index in [1.54, 1.807) is 6.07 Å². The molecule has 1 heterocycles. The maximum absolute atomic E-state index is 13.1. The number of esters is 1. The Kier molecular flexibility index (Phi) is 5.02. The lowest BCUT2D eigenvalue weighted by Crippen LogP contribution is -2.30. The van der Waals surface area contributed by atoms with Gasteiger partial charge in [0.1, 0.15) is 11.4 Å². The van der Waals surface area contributed by atoms with Crippen LogP contribution in [0.5, 0.6) is 0 Å². The summed E-state index contributed by atoms with van der Waals surface area (Å²) in [6.45, 7) is 3.41. The molecule has 1 amide bonds. The van der Waals surface area contributed by atoms with E-state index in [2.05, 4.69) is 5.32 Å². The fourth-order valence-electron chi connectivity index (χ4n) is 2.59. The number of halogens is 1. The van der Waals surface area contributed by atoms with Crippen molar-refractivity contribution in [3.63, 3.8) is 0 Å². The van der Waals surface area contributed by atoms with Crippen LogP contribution in [0.3, 0.4) is 0 Å². The van der Waals surface area contributed by atoms with Crippen molar-refractivity contribution in [1.29, 1.82) is 0 Å². The average molecular weight is 355 g/mol. The number of benzene rings is 2. The van der Waals surface area contributed by atoms with Gasteiger partial charge in [0.15, 0.2) is 6.10 Å². The molecule has 0 spiro atoms. The summed E-state index contributed by atoms with van der Waals surface area (Å²) in [6, 6.07) is 11.2. The molecule has 0 fully saturated rings. The molecule has 3 rings (SSSR count). The number of aryl methyl sites for hydroxylation is 1. The van der Waals surface area contributed by atoms with E-state index in [4.69, 9.17) is 9.15 Å². The van der Waals surface area contributed by atoms with Gasteiger partial charge in [-0.25, -0.2) is 4.39 Å². The van der Waals surface area contributed by atoms with Crippen LogP contribution in [-0.2, 0) is 20.7 Å². The highest BCUT2D eigenvalue weighted by atomic mass is 19.1. The van der Waals surface area contributed by atoms with Crippen LogP contribution in [0.1, 0.15) is 18.1 Å². The maximum Gasteiger partial charge on any atom is 0.311 e. The van der Waals surface area contributed by atoms with Crippen molar-refractivity contribution in [2.75, 3.05) is 5.32 Å². The molecule has 0 aliphatic heterocycles. The number of anilines is 1. The van der Waals surface area contributed by atoms with Crippen molar-refractivity contribution >= 4 is 28.5 Å². The first kappa shape index (κ1) is 17.7. The van der Waals surface area contributed by atoms with Crippen LogP contribution in [0.15, 0.2) is 53.1 Å². The minimum atomic E-state index is -1.01. The van der Waals surface area contributed by atoms with Crippen molar-refractivity contribution in [2.24, 2.45) is 0 Å². The highest BCUT2D eigenvalue weighted by molar-refractivity contribution is 5.95. The lowest BCUT2D eigenvalue weighted by atomic mass is 10.1. The zero-order valence-corrected chi connectivity index (χ0v) is 14.4. The van der Waals surface area contributed by atoms with Gasteiger partial charge in [0.05, 0.1) is 12.7 Å². The average Bonchev–Trinajstić information content (AvgIpc) is 2.96. The predicted octanol–water partition coefficient (Wildman–Crippen LogP) is 3.99. The summed E-state index contributed by atoms with van der Waals surface area (Å²) in [5.74, 6) is -1.54. The topological polar surface area (TPSA) is 68.5 Å². The molecule has 134 valence electrons. The van der Waals surface area contributed by atoms with Crippen molar-refractivity contribution in [3.8, 4) is 0 Å².